The van der Waals surface area contributed by atoms with Crippen LogP contribution in [0.5, 0.6) is 11.5 Å². The van der Waals surface area contributed by atoms with Gasteiger partial charge in [-0.05, 0) is 48.9 Å². The topological polar surface area (TPSA) is 89.9 Å². The fourth-order valence-corrected chi connectivity index (χ4v) is 4.64. The van der Waals surface area contributed by atoms with Crippen LogP contribution < -0.4 is 19.7 Å². The van der Waals surface area contributed by atoms with Gasteiger partial charge in [-0.25, -0.2) is 9.69 Å². The maximum Gasteiger partial charge on any atom is 0.335 e. The van der Waals surface area contributed by atoms with E-state index in [2.05, 4.69) is 5.32 Å². The largest absolute Gasteiger partial charge is 0.495 e. The molecule has 3 aromatic carbocycles. The fraction of sp³-hybridized carbons (Fsp3) is 0.138. The van der Waals surface area contributed by atoms with E-state index in [4.69, 9.17) is 21.1 Å². The Morgan fingerprint density at radius 1 is 0.974 bits per heavy atom. The molecule has 4 amide bonds. The number of nitrogens with one attached hydrogen (secondary N) is 1. The van der Waals surface area contributed by atoms with Crippen LogP contribution in [-0.2, 0) is 16.1 Å². The molecule has 1 aliphatic heterocycles. The molecular weight excluding hydrogens is 506 g/mol. The third-order valence-corrected chi connectivity index (χ3v) is 6.59. The Kier molecular flexibility index (Phi) is 6.89. The fourth-order valence-electron chi connectivity index (χ4n) is 4.39. The number of carbonyl (C=O) groups is 3. The maximum absolute atomic E-state index is 13.4. The van der Waals surface area contributed by atoms with Gasteiger partial charge in [-0.1, -0.05) is 48.0 Å². The van der Waals surface area contributed by atoms with Gasteiger partial charge in [-0.2, -0.15) is 0 Å². The number of urea groups is 1. The number of methoxy groups -OCH3 is 1. The summed E-state index contributed by atoms with van der Waals surface area (Å²) >= 11 is 6.21. The Morgan fingerprint density at radius 3 is 2.50 bits per heavy atom. The normalized spacial score (nSPS) is 14.8. The molecule has 0 radical (unpaired) electrons. The molecule has 1 aromatic heterocycles. The van der Waals surface area contributed by atoms with E-state index in [1.54, 1.807) is 6.07 Å². The monoisotopic (exact) mass is 529 g/mol. The predicted molar refractivity (Wildman–Crippen MR) is 146 cm³/mol. The van der Waals surface area contributed by atoms with Crippen LogP contribution in [0.2, 0.25) is 5.02 Å². The van der Waals surface area contributed by atoms with Gasteiger partial charge >= 0.3 is 6.03 Å². The van der Waals surface area contributed by atoms with Crippen LogP contribution in [0.25, 0.3) is 17.0 Å². The third kappa shape index (κ3) is 4.73. The van der Waals surface area contributed by atoms with Crippen molar-refractivity contribution < 1.29 is 23.9 Å². The van der Waals surface area contributed by atoms with Crippen molar-refractivity contribution in [2.75, 3.05) is 18.6 Å². The van der Waals surface area contributed by atoms with Gasteiger partial charge in [0.05, 0.1) is 24.4 Å². The lowest BCUT2D eigenvalue weighted by molar-refractivity contribution is -0.122. The number of ether oxygens (including phenoxy) is 2. The van der Waals surface area contributed by atoms with Crippen LogP contribution in [0.1, 0.15) is 11.1 Å². The van der Waals surface area contributed by atoms with Crippen molar-refractivity contribution in [2.45, 2.75) is 13.5 Å². The Labute approximate surface area is 224 Å². The highest BCUT2D eigenvalue weighted by Gasteiger charge is 2.37. The molecule has 2 heterocycles. The molecule has 0 bridgehead atoms. The first-order valence-electron chi connectivity index (χ1n) is 11.9. The molecule has 1 saturated heterocycles. The van der Waals surface area contributed by atoms with Crippen LogP contribution in [0, 0.1) is 6.92 Å². The summed E-state index contributed by atoms with van der Waals surface area (Å²) in [5, 5.41) is 3.33. The first-order chi connectivity index (χ1) is 18.4. The quantitative estimate of drug-likeness (QED) is 0.257. The number of aromatic nitrogens is 1. The van der Waals surface area contributed by atoms with Crippen molar-refractivity contribution in [3.05, 3.63) is 94.6 Å². The van der Waals surface area contributed by atoms with E-state index >= 15 is 0 Å². The average Bonchev–Trinajstić information content (AvgIpc) is 3.25. The summed E-state index contributed by atoms with van der Waals surface area (Å²) in [6.07, 6.45) is 3.37. The standard InChI is InChI=1S/C29H24ClN3O5/c1-18-7-3-6-10-25(18)38-14-13-32-17-19(21-8-4-5-9-24(21)32)15-22-27(34)31-29(36)33(28(22)35)20-11-12-26(37-2)23(30)16-20/h3-12,15-17H,13-14H2,1-2H3,(H,31,34,36). The number of barbiturate groups is 1. The van der Waals surface area contributed by atoms with Crippen molar-refractivity contribution in [1.29, 1.82) is 0 Å². The lowest BCUT2D eigenvalue weighted by Crippen LogP contribution is -2.54. The molecule has 8 nitrogen and oxygen atoms in total. The van der Waals surface area contributed by atoms with E-state index in [0.29, 0.717) is 24.5 Å². The highest BCUT2D eigenvalue weighted by Crippen LogP contribution is 2.32. The van der Waals surface area contributed by atoms with E-state index < -0.39 is 17.8 Å². The molecule has 1 N–H and O–H groups in total. The Bertz CT molecular complexity index is 1610. The molecule has 192 valence electrons. The zero-order valence-electron chi connectivity index (χ0n) is 20.7. The second-order valence-corrected chi connectivity index (χ2v) is 9.09. The molecule has 9 heteroatoms. The Morgan fingerprint density at radius 2 is 1.74 bits per heavy atom. The van der Waals surface area contributed by atoms with E-state index in [9.17, 15) is 14.4 Å². The van der Waals surface area contributed by atoms with Crippen LogP contribution in [0.3, 0.4) is 0 Å². The Hall–Kier alpha value is -4.56. The van der Waals surface area contributed by atoms with Gasteiger partial charge in [-0.15, -0.1) is 0 Å². The summed E-state index contributed by atoms with van der Waals surface area (Å²) in [6.45, 7) is 2.97. The van der Waals surface area contributed by atoms with E-state index in [-0.39, 0.29) is 16.3 Å². The molecule has 0 saturated carbocycles. The molecular formula is C29H24ClN3O5. The van der Waals surface area contributed by atoms with Crippen molar-refractivity contribution >= 4 is 52.1 Å². The number of carbonyl (C=O) groups excluding carboxylic acids is 3. The van der Waals surface area contributed by atoms with Gasteiger partial charge < -0.3 is 14.0 Å². The zero-order valence-corrected chi connectivity index (χ0v) is 21.5. The van der Waals surface area contributed by atoms with E-state index in [1.807, 2.05) is 66.2 Å². The molecule has 1 fully saturated rings. The summed E-state index contributed by atoms with van der Waals surface area (Å²) in [6, 6.07) is 19.1. The van der Waals surface area contributed by atoms with Crippen LogP contribution in [0.4, 0.5) is 10.5 Å². The number of aryl methyl sites for hydroxylation is 1. The number of halogens is 1. The molecule has 4 aromatic rings. The van der Waals surface area contributed by atoms with Gasteiger partial charge in [0, 0.05) is 22.7 Å². The van der Waals surface area contributed by atoms with Crippen molar-refractivity contribution in [3.63, 3.8) is 0 Å². The number of hydrogen-bond donors (Lipinski definition) is 1. The zero-order chi connectivity index (χ0) is 26.8. The highest BCUT2D eigenvalue weighted by atomic mass is 35.5. The molecule has 0 atom stereocenters. The minimum atomic E-state index is -0.853. The minimum absolute atomic E-state index is 0.171. The number of hydrogen-bond acceptors (Lipinski definition) is 5. The molecule has 1 aliphatic rings. The summed E-state index contributed by atoms with van der Waals surface area (Å²) in [4.78, 5) is 39.6. The van der Waals surface area contributed by atoms with Gasteiger partial charge in [0.1, 0.15) is 23.7 Å². The molecule has 0 spiro atoms. The number of fused-ring (bicyclic) bond motifs is 1. The maximum atomic E-state index is 13.4. The van der Waals surface area contributed by atoms with Crippen molar-refractivity contribution in [3.8, 4) is 11.5 Å². The molecule has 0 unspecified atom stereocenters. The predicted octanol–water partition coefficient (Wildman–Crippen LogP) is 5.36. The highest BCUT2D eigenvalue weighted by molar-refractivity contribution is 6.40. The number of amides is 4. The van der Waals surface area contributed by atoms with E-state index in [0.717, 1.165) is 27.1 Å². The van der Waals surface area contributed by atoms with E-state index in [1.165, 1.54) is 25.3 Å². The summed E-state index contributed by atoms with van der Waals surface area (Å²) in [7, 11) is 1.46. The smallest absolute Gasteiger partial charge is 0.335 e. The number of benzene rings is 3. The second kappa shape index (κ2) is 10.4. The molecule has 38 heavy (non-hydrogen) atoms. The summed E-state index contributed by atoms with van der Waals surface area (Å²) in [5.41, 5.74) is 2.68. The summed E-state index contributed by atoms with van der Waals surface area (Å²) in [5.74, 6) is -0.305. The van der Waals surface area contributed by atoms with Crippen LogP contribution in [-0.4, -0.2) is 36.1 Å². The lowest BCUT2D eigenvalue weighted by atomic mass is 10.1. The molecule has 0 aliphatic carbocycles. The lowest BCUT2D eigenvalue weighted by Gasteiger charge is -2.26. The molecule has 5 rings (SSSR count). The second-order valence-electron chi connectivity index (χ2n) is 8.69. The number of anilines is 1. The van der Waals surface area contributed by atoms with Gasteiger partial charge in [0.15, 0.2) is 0 Å². The number of para-hydroxylation sites is 2. The first kappa shape index (κ1) is 25.1. The number of imide groups is 2. The van der Waals surface area contributed by atoms with Gasteiger partial charge in [0.2, 0.25) is 0 Å². The van der Waals surface area contributed by atoms with Gasteiger partial charge in [-0.3, -0.25) is 14.9 Å². The van der Waals surface area contributed by atoms with Gasteiger partial charge in [0.25, 0.3) is 11.8 Å². The first-order valence-corrected chi connectivity index (χ1v) is 12.3. The van der Waals surface area contributed by atoms with Crippen molar-refractivity contribution in [2.24, 2.45) is 0 Å². The Balaban J connectivity index is 1.46. The minimum Gasteiger partial charge on any atom is -0.495 e. The van der Waals surface area contributed by atoms with Crippen molar-refractivity contribution in [1.82, 2.24) is 9.88 Å². The van der Waals surface area contributed by atoms with Crippen LogP contribution in [0.15, 0.2) is 78.5 Å². The average molecular weight is 530 g/mol. The number of rotatable bonds is 7. The third-order valence-electron chi connectivity index (χ3n) is 6.30. The number of nitrogens with zero attached hydrogens (tertiary/aromatic N) is 2. The summed E-state index contributed by atoms with van der Waals surface area (Å²) < 4.78 is 13.1. The van der Waals surface area contributed by atoms with Crippen LogP contribution >= 0.6 is 11.6 Å². The SMILES string of the molecule is COc1ccc(N2C(=O)NC(=O)C(=Cc3cn(CCOc4ccccc4C)c4ccccc34)C2=O)cc1Cl.